The van der Waals surface area contributed by atoms with Crippen LogP contribution in [0.15, 0.2) is 15.8 Å². The van der Waals surface area contributed by atoms with Crippen molar-refractivity contribution in [3.63, 3.8) is 0 Å². The maximum absolute atomic E-state index is 11.3. The second-order valence-corrected chi connectivity index (χ2v) is 3.30. The number of aromatic nitrogens is 2. The SMILES string of the molecule is Cc1cn(COC(O)CCO)c(=O)[nH]c1=O. The molecule has 1 unspecified atom stereocenters. The zero-order chi connectivity index (χ0) is 12.1. The highest BCUT2D eigenvalue weighted by Gasteiger charge is 2.05. The third-order valence-electron chi connectivity index (χ3n) is 1.97. The quantitative estimate of drug-likeness (QED) is 0.535. The normalized spacial score (nSPS) is 12.7. The van der Waals surface area contributed by atoms with E-state index in [9.17, 15) is 9.59 Å². The van der Waals surface area contributed by atoms with Crippen LogP contribution in [-0.2, 0) is 11.5 Å². The van der Waals surface area contributed by atoms with Crippen LogP contribution >= 0.6 is 0 Å². The number of aromatic amines is 1. The van der Waals surface area contributed by atoms with Gasteiger partial charge >= 0.3 is 5.69 Å². The third kappa shape index (κ3) is 3.30. The van der Waals surface area contributed by atoms with Gasteiger partial charge in [-0.05, 0) is 6.92 Å². The topological polar surface area (TPSA) is 105 Å². The lowest BCUT2D eigenvalue weighted by Gasteiger charge is -2.11. The minimum Gasteiger partial charge on any atom is -0.396 e. The number of nitrogens with zero attached hydrogens (tertiary/aromatic N) is 1. The summed E-state index contributed by atoms with van der Waals surface area (Å²) in [5, 5.41) is 17.7. The summed E-state index contributed by atoms with van der Waals surface area (Å²) in [4.78, 5) is 24.4. The van der Waals surface area contributed by atoms with E-state index in [2.05, 4.69) is 4.98 Å². The molecule has 90 valence electrons. The van der Waals surface area contributed by atoms with E-state index in [1.807, 2.05) is 0 Å². The van der Waals surface area contributed by atoms with Gasteiger partial charge in [-0.2, -0.15) is 0 Å². The molecule has 1 rings (SSSR count). The predicted octanol–water partition coefficient (Wildman–Crippen LogP) is -1.48. The van der Waals surface area contributed by atoms with Crippen LogP contribution in [0.25, 0.3) is 0 Å². The Bertz CT molecular complexity index is 450. The maximum Gasteiger partial charge on any atom is 0.330 e. The summed E-state index contributed by atoms with van der Waals surface area (Å²) >= 11 is 0. The highest BCUT2D eigenvalue weighted by atomic mass is 16.6. The van der Waals surface area contributed by atoms with Crippen molar-refractivity contribution in [2.75, 3.05) is 6.61 Å². The van der Waals surface area contributed by atoms with Crippen molar-refractivity contribution < 1.29 is 14.9 Å². The van der Waals surface area contributed by atoms with E-state index >= 15 is 0 Å². The summed E-state index contributed by atoms with van der Waals surface area (Å²) < 4.78 is 6.00. The lowest BCUT2D eigenvalue weighted by molar-refractivity contribution is -0.134. The molecule has 1 aromatic rings. The summed E-state index contributed by atoms with van der Waals surface area (Å²) in [6.07, 6.45) is 0.272. The molecule has 1 heterocycles. The van der Waals surface area contributed by atoms with Crippen LogP contribution in [0.3, 0.4) is 0 Å². The molecule has 0 fully saturated rings. The molecule has 3 N–H and O–H groups in total. The summed E-state index contributed by atoms with van der Waals surface area (Å²) in [6.45, 7) is 1.16. The van der Waals surface area contributed by atoms with Gasteiger partial charge in [0.25, 0.3) is 5.56 Å². The van der Waals surface area contributed by atoms with Crippen molar-refractivity contribution in [3.8, 4) is 0 Å². The molecule has 0 aliphatic rings. The molecule has 1 aromatic heterocycles. The van der Waals surface area contributed by atoms with E-state index in [1.165, 1.54) is 6.20 Å². The maximum atomic E-state index is 11.3. The second-order valence-electron chi connectivity index (χ2n) is 3.30. The lowest BCUT2D eigenvalue weighted by atomic mass is 10.4. The van der Waals surface area contributed by atoms with Crippen LogP contribution < -0.4 is 11.2 Å². The Balaban J connectivity index is 2.71. The Hall–Kier alpha value is -1.44. The van der Waals surface area contributed by atoms with Gasteiger partial charge < -0.3 is 14.9 Å². The second kappa shape index (κ2) is 5.59. The highest BCUT2D eigenvalue weighted by Crippen LogP contribution is 1.94. The fraction of sp³-hybridized carbons (Fsp3) is 0.556. The van der Waals surface area contributed by atoms with Gasteiger partial charge in [0.2, 0.25) is 0 Å². The predicted molar refractivity (Wildman–Crippen MR) is 54.9 cm³/mol. The van der Waals surface area contributed by atoms with Gasteiger partial charge in [0.1, 0.15) is 6.73 Å². The molecular formula is C9H14N2O5. The summed E-state index contributed by atoms with van der Waals surface area (Å²) in [5.74, 6) is 0. The van der Waals surface area contributed by atoms with Crippen molar-refractivity contribution in [2.24, 2.45) is 0 Å². The Morgan fingerprint density at radius 1 is 1.56 bits per heavy atom. The first-order valence-corrected chi connectivity index (χ1v) is 4.75. The number of nitrogens with one attached hydrogen (secondary N) is 1. The first-order chi connectivity index (χ1) is 7.54. The number of H-pyrrole nitrogens is 1. The van der Waals surface area contributed by atoms with Gasteiger partial charge in [0, 0.05) is 24.8 Å². The van der Waals surface area contributed by atoms with E-state index in [0.29, 0.717) is 5.56 Å². The summed E-state index contributed by atoms with van der Waals surface area (Å²) in [5.41, 5.74) is -0.677. The Morgan fingerprint density at radius 2 is 2.25 bits per heavy atom. The van der Waals surface area contributed by atoms with Gasteiger partial charge in [-0.1, -0.05) is 0 Å². The zero-order valence-electron chi connectivity index (χ0n) is 8.84. The van der Waals surface area contributed by atoms with E-state index in [4.69, 9.17) is 14.9 Å². The number of hydrogen-bond donors (Lipinski definition) is 3. The van der Waals surface area contributed by atoms with Gasteiger partial charge in [-0.3, -0.25) is 14.3 Å². The summed E-state index contributed by atoms with van der Waals surface area (Å²) in [6, 6.07) is 0. The Morgan fingerprint density at radius 3 is 2.88 bits per heavy atom. The fourth-order valence-electron chi connectivity index (χ4n) is 1.07. The number of ether oxygens (including phenoxy) is 1. The Kier molecular flexibility index (Phi) is 4.41. The van der Waals surface area contributed by atoms with Gasteiger partial charge in [0.15, 0.2) is 6.29 Å². The van der Waals surface area contributed by atoms with Crippen molar-refractivity contribution >= 4 is 0 Å². The van der Waals surface area contributed by atoms with Crippen molar-refractivity contribution in [3.05, 3.63) is 32.6 Å². The number of aliphatic hydroxyl groups excluding tert-OH is 2. The van der Waals surface area contributed by atoms with Gasteiger partial charge in [0.05, 0.1) is 0 Å². The number of rotatable bonds is 5. The van der Waals surface area contributed by atoms with E-state index in [-0.39, 0.29) is 19.8 Å². The van der Waals surface area contributed by atoms with Crippen LogP contribution in [-0.4, -0.2) is 32.7 Å². The smallest absolute Gasteiger partial charge is 0.330 e. The first-order valence-electron chi connectivity index (χ1n) is 4.75. The molecule has 0 aliphatic heterocycles. The molecular weight excluding hydrogens is 216 g/mol. The fourth-order valence-corrected chi connectivity index (χ4v) is 1.07. The molecule has 0 aliphatic carbocycles. The molecule has 0 amide bonds. The van der Waals surface area contributed by atoms with E-state index in [1.54, 1.807) is 6.92 Å². The van der Waals surface area contributed by atoms with E-state index in [0.717, 1.165) is 4.57 Å². The largest absolute Gasteiger partial charge is 0.396 e. The van der Waals surface area contributed by atoms with Crippen molar-refractivity contribution in [1.82, 2.24) is 9.55 Å². The average Bonchev–Trinajstić information content (AvgIpc) is 2.22. The van der Waals surface area contributed by atoms with Crippen LogP contribution in [0.5, 0.6) is 0 Å². The van der Waals surface area contributed by atoms with Crippen LogP contribution in [0.1, 0.15) is 12.0 Å². The Labute approximate surface area is 90.9 Å². The van der Waals surface area contributed by atoms with Crippen molar-refractivity contribution in [2.45, 2.75) is 26.4 Å². The number of hydrogen-bond acceptors (Lipinski definition) is 5. The molecule has 0 aromatic carbocycles. The molecule has 16 heavy (non-hydrogen) atoms. The molecule has 1 atom stereocenters. The van der Waals surface area contributed by atoms with Crippen LogP contribution in [0.2, 0.25) is 0 Å². The molecule has 0 radical (unpaired) electrons. The molecule has 0 bridgehead atoms. The van der Waals surface area contributed by atoms with Crippen molar-refractivity contribution in [1.29, 1.82) is 0 Å². The standard InChI is InChI=1S/C9H14N2O5/c1-6-4-11(9(15)10-8(6)14)5-16-7(13)2-3-12/h4,7,12-13H,2-3,5H2,1H3,(H,10,14,15). The average molecular weight is 230 g/mol. The lowest BCUT2D eigenvalue weighted by Crippen LogP contribution is -2.32. The first kappa shape index (κ1) is 12.6. The molecule has 7 nitrogen and oxygen atoms in total. The molecule has 0 saturated carbocycles. The third-order valence-corrected chi connectivity index (χ3v) is 1.97. The van der Waals surface area contributed by atoms with Gasteiger partial charge in [-0.25, -0.2) is 4.79 Å². The zero-order valence-corrected chi connectivity index (χ0v) is 8.84. The monoisotopic (exact) mass is 230 g/mol. The molecule has 0 saturated heterocycles. The molecule has 7 heteroatoms. The van der Waals surface area contributed by atoms with Gasteiger partial charge in [-0.15, -0.1) is 0 Å². The minimum atomic E-state index is -1.14. The number of aliphatic hydroxyl groups is 2. The van der Waals surface area contributed by atoms with Crippen LogP contribution in [0, 0.1) is 6.92 Å². The van der Waals surface area contributed by atoms with Crippen LogP contribution in [0.4, 0.5) is 0 Å². The number of aryl methyl sites for hydroxylation is 1. The molecule has 0 spiro atoms. The highest BCUT2D eigenvalue weighted by molar-refractivity contribution is 5.00. The summed E-state index contributed by atoms with van der Waals surface area (Å²) in [7, 11) is 0. The van der Waals surface area contributed by atoms with E-state index < -0.39 is 17.5 Å². The minimum absolute atomic E-state index is 0.0666.